The topological polar surface area (TPSA) is 55.8 Å². The second-order valence-corrected chi connectivity index (χ2v) is 3.70. The maximum Gasteiger partial charge on any atom is 0.308 e. The molecular formula is C10H18O4. The summed E-state index contributed by atoms with van der Waals surface area (Å²) >= 11 is 0. The third kappa shape index (κ3) is 2.96. The van der Waals surface area contributed by atoms with E-state index >= 15 is 0 Å². The summed E-state index contributed by atoms with van der Waals surface area (Å²) in [6, 6.07) is 0. The Bertz CT molecular complexity index is 193. The van der Waals surface area contributed by atoms with E-state index in [2.05, 4.69) is 0 Å². The molecule has 0 aromatic rings. The number of ether oxygens (including phenoxy) is 2. The maximum absolute atomic E-state index is 11.2. The van der Waals surface area contributed by atoms with Gasteiger partial charge in [-0.3, -0.25) is 4.79 Å². The molecule has 0 aliphatic carbocycles. The number of aliphatic hydroxyl groups is 1. The number of carbonyl (C=O) groups is 1. The first-order chi connectivity index (χ1) is 6.67. The van der Waals surface area contributed by atoms with Crippen molar-refractivity contribution in [2.24, 2.45) is 5.92 Å². The summed E-state index contributed by atoms with van der Waals surface area (Å²) in [4.78, 5) is 11.2. The summed E-state index contributed by atoms with van der Waals surface area (Å²) in [5.41, 5.74) is 0. The summed E-state index contributed by atoms with van der Waals surface area (Å²) < 4.78 is 10.3. The predicted octanol–water partition coefficient (Wildman–Crippen LogP) is 0.725. The van der Waals surface area contributed by atoms with Crippen molar-refractivity contribution < 1.29 is 19.4 Å². The lowest BCUT2D eigenvalue weighted by Crippen LogP contribution is -2.21. The molecule has 0 aromatic carbocycles. The molecule has 1 aliphatic heterocycles. The predicted molar refractivity (Wildman–Crippen MR) is 50.8 cm³/mol. The van der Waals surface area contributed by atoms with Crippen LogP contribution >= 0.6 is 0 Å². The van der Waals surface area contributed by atoms with Gasteiger partial charge in [0.2, 0.25) is 0 Å². The fourth-order valence-corrected chi connectivity index (χ4v) is 1.75. The first kappa shape index (κ1) is 11.5. The molecule has 0 aromatic heterocycles. The number of rotatable bonds is 4. The van der Waals surface area contributed by atoms with Crippen molar-refractivity contribution in [1.29, 1.82) is 0 Å². The minimum atomic E-state index is -0.220. The van der Waals surface area contributed by atoms with E-state index in [4.69, 9.17) is 14.6 Å². The van der Waals surface area contributed by atoms with Crippen molar-refractivity contribution >= 4 is 5.97 Å². The highest BCUT2D eigenvalue weighted by atomic mass is 16.5. The van der Waals surface area contributed by atoms with Crippen molar-refractivity contribution in [2.45, 2.75) is 38.9 Å². The van der Waals surface area contributed by atoms with Crippen LogP contribution in [0, 0.1) is 5.92 Å². The molecule has 0 amide bonds. The van der Waals surface area contributed by atoms with E-state index in [-0.39, 0.29) is 24.8 Å². The SMILES string of the molecule is CCOC(=O)C[C@@H]1O[C@@H](CO)C[C@H]1C. The molecule has 0 spiro atoms. The van der Waals surface area contributed by atoms with Gasteiger partial charge in [0.1, 0.15) is 0 Å². The smallest absolute Gasteiger partial charge is 0.308 e. The van der Waals surface area contributed by atoms with E-state index in [9.17, 15) is 4.79 Å². The van der Waals surface area contributed by atoms with Crippen LogP contribution in [0.2, 0.25) is 0 Å². The molecule has 0 radical (unpaired) electrons. The van der Waals surface area contributed by atoms with Gasteiger partial charge in [0.15, 0.2) is 0 Å². The highest BCUT2D eigenvalue weighted by Gasteiger charge is 2.33. The Morgan fingerprint density at radius 3 is 2.86 bits per heavy atom. The van der Waals surface area contributed by atoms with E-state index in [0.717, 1.165) is 6.42 Å². The van der Waals surface area contributed by atoms with Gasteiger partial charge in [-0.1, -0.05) is 6.92 Å². The van der Waals surface area contributed by atoms with Crippen LogP contribution in [0.3, 0.4) is 0 Å². The van der Waals surface area contributed by atoms with Gasteiger partial charge in [-0.25, -0.2) is 0 Å². The van der Waals surface area contributed by atoms with E-state index in [1.807, 2.05) is 6.92 Å². The van der Waals surface area contributed by atoms with Crippen LogP contribution in [0.5, 0.6) is 0 Å². The summed E-state index contributed by atoms with van der Waals surface area (Å²) in [5.74, 6) is 0.0968. The number of hydrogen-bond donors (Lipinski definition) is 1. The monoisotopic (exact) mass is 202 g/mol. The van der Waals surface area contributed by atoms with Crippen molar-refractivity contribution in [2.75, 3.05) is 13.2 Å². The second kappa shape index (κ2) is 5.32. The summed E-state index contributed by atoms with van der Waals surface area (Å²) in [6.07, 6.45) is 0.919. The van der Waals surface area contributed by atoms with Gasteiger partial charge in [-0.15, -0.1) is 0 Å². The molecule has 4 heteroatoms. The van der Waals surface area contributed by atoms with Crippen molar-refractivity contribution in [3.63, 3.8) is 0 Å². The Labute approximate surface area is 84.2 Å². The number of esters is 1. The normalized spacial score (nSPS) is 31.8. The number of aliphatic hydroxyl groups excluding tert-OH is 1. The third-order valence-electron chi connectivity index (χ3n) is 2.51. The Morgan fingerprint density at radius 1 is 1.64 bits per heavy atom. The molecule has 3 atom stereocenters. The Hall–Kier alpha value is -0.610. The first-order valence-corrected chi connectivity index (χ1v) is 5.09. The van der Waals surface area contributed by atoms with Crippen molar-refractivity contribution in [3.05, 3.63) is 0 Å². The second-order valence-electron chi connectivity index (χ2n) is 3.70. The third-order valence-corrected chi connectivity index (χ3v) is 2.51. The fourth-order valence-electron chi connectivity index (χ4n) is 1.75. The number of carbonyl (C=O) groups excluding carboxylic acids is 1. The lowest BCUT2D eigenvalue weighted by molar-refractivity contribution is -0.146. The molecule has 1 aliphatic rings. The zero-order valence-corrected chi connectivity index (χ0v) is 8.73. The molecule has 82 valence electrons. The van der Waals surface area contributed by atoms with Crippen LogP contribution < -0.4 is 0 Å². The average Bonchev–Trinajstić information content (AvgIpc) is 2.48. The van der Waals surface area contributed by atoms with Crippen molar-refractivity contribution in [3.8, 4) is 0 Å². The molecule has 1 heterocycles. The van der Waals surface area contributed by atoms with E-state index in [0.29, 0.717) is 18.9 Å². The Kier molecular flexibility index (Phi) is 4.35. The van der Waals surface area contributed by atoms with Crippen LogP contribution in [0.1, 0.15) is 26.7 Å². The van der Waals surface area contributed by atoms with Gasteiger partial charge in [0.05, 0.1) is 31.8 Å². The van der Waals surface area contributed by atoms with Crippen LogP contribution in [-0.2, 0) is 14.3 Å². The van der Waals surface area contributed by atoms with Crippen molar-refractivity contribution in [1.82, 2.24) is 0 Å². The first-order valence-electron chi connectivity index (χ1n) is 5.09. The summed E-state index contributed by atoms with van der Waals surface area (Å²) in [6.45, 7) is 4.25. The standard InChI is InChI=1S/C10H18O4/c1-3-13-10(12)5-9-7(2)4-8(6-11)14-9/h7-9,11H,3-6H2,1-2H3/t7-,8-,9+/m1/s1. The van der Waals surface area contributed by atoms with Gasteiger partial charge in [0.25, 0.3) is 0 Å². The van der Waals surface area contributed by atoms with Crippen LogP contribution in [-0.4, -0.2) is 36.5 Å². The Balaban J connectivity index is 2.34. The molecule has 0 unspecified atom stereocenters. The fraction of sp³-hybridized carbons (Fsp3) is 0.900. The van der Waals surface area contributed by atoms with Crippen LogP contribution in [0.15, 0.2) is 0 Å². The highest BCUT2D eigenvalue weighted by molar-refractivity contribution is 5.70. The maximum atomic E-state index is 11.2. The Morgan fingerprint density at radius 2 is 2.36 bits per heavy atom. The summed E-state index contributed by atoms with van der Waals surface area (Å²) in [5, 5.41) is 8.90. The lowest BCUT2D eigenvalue weighted by atomic mass is 10.00. The number of hydrogen-bond acceptors (Lipinski definition) is 4. The van der Waals surface area contributed by atoms with E-state index < -0.39 is 0 Å². The molecule has 0 bridgehead atoms. The quantitative estimate of drug-likeness (QED) is 0.683. The van der Waals surface area contributed by atoms with Gasteiger partial charge < -0.3 is 14.6 Å². The molecule has 1 fully saturated rings. The van der Waals surface area contributed by atoms with Crippen LogP contribution in [0.4, 0.5) is 0 Å². The van der Waals surface area contributed by atoms with Gasteiger partial charge in [-0.05, 0) is 19.3 Å². The van der Waals surface area contributed by atoms with E-state index in [1.165, 1.54) is 0 Å². The molecule has 0 saturated carbocycles. The molecule has 1 rings (SSSR count). The minimum absolute atomic E-state index is 0.0314. The minimum Gasteiger partial charge on any atom is -0.466 e. The van der Waals surface area contributed by atoms with E-state index in [1.54, 1.807) is 6.92 Å². The molecule has 1 saturated heterocycles. The molecule has 4 nitrogen and oxygen atoms in total. The summed E-state index contributed by atoms with van der Waals surface area (Å²) in [7, 11) is 0. The van der Waals surface area contributed by atoms with Crippen LogP contribution in [0.25, 0.3) is 0 Å². The lowest BCUT2D eigenvalue weighted by Gasteiger charge is -2.13. The highest BCUT2D eigenvalue weighted by Crippen LogP contribution is 2.28. The average molecular weight is 202 g/mol. The largest absolute Gasteiger partial charge is 0.466 e. The molecular weight excluding hydrogens is 184 g/mol. The molecule has 1 N–H and O–H groups in total. The zero-order valence-electron chi connectivity index (χ0n) is 8.73. The van der Waals surface area contributed by atoms with Gasteiger partial charge in [-0.2, -0.15) is 0 Å². The zero-order chi connectivity index (χ0) is 10.6. The molecule has 14 heavy (non-hydrogen) atoms. The van der Waals surface area contributed by atoms with Gasteiger partial charge in [0, 0.05) is 0 Å². The van der Waals surface area contributed by atoms with Gasteiger partial charge >= 0.3 is 5.97 Å².